The Kier molecular flexibility index (Phi) is 7.14. The van der Waals surface area contributed by atoms with Crippen LogP contribution in [0.3, 0.4) is 0 Å². The summed E-state index contributed by atoms with van der Waals surface area (Å²) in [6.45, 7) is 22.2. The summed E-state index contributed by atoms with van der Waals surface area (Å²) in [5, 5.41) is 10.3. The summed E-state index contributed by atoms with van der Waals surface area (Å²) in [6.07, 6.45) is 12.8. The van der Waals surface area contributed by atoms with Crippen LogP contribution in [0.5, 0.6) is 0 Å². The first-order chi connectivity index (χ1) is 15.4. The molecule has 8 atom stereocenters. The van der Waals surface area contributed by atoms with E-state index in [1.807, 2.05) is 0 Å². The molecule has 4 aliphatic carbocycles. The van der Waals surface area contributed by atoms with Crippen molar-refractivity contribution in [2.45, 2.75) is 143 Å². The second kappa shape index (κ2) is 9.07. The van der Waals surface area contributed by atoms with Gasteiger partial charge in [0.05, 0.1) is 6.10 Å². The third-order valence-electron chi connectivity index (χ3n) is 11.8. The SMILES string of the molecule is CC(C)[Si](O[C@@H](C)[C@H]1CC[C@H]2[C@@H]3CC=C4C[C@@H](O)CC[C@]4(C)[C@H]3CC[C@]12C)(C(C)C)C(C)C. The van der Waals surface area contributed by atoms with Crippen molar-refractivity contribution in [3.05, 3.63) is 11.6 Å². The fourth-order valence-electron chi connectivity index (χ4n) is 10.3. The van der Waals surface area contributed by atoms with E-state index in [9.17, 15) is 5.11 Å². The Morgan fingerprint density at radius 1 is 0.879 bits per heavy atom. The van der Waals surface area contributed by atoms with Gasteiger partial charge in [0.1, 0.15) is 0 Å². The first-order valence-corrected chi connectivity index (χ1v) is 16.6. The quantitative estimate of drug-likeness (QED) is 0.309. The van der Waals surface area contributed by atoms with Gasteiger partial charge in [-0.25, -0.2) is 0 Å². The lowest BCUT2D eigenvalue weighted by Crippen LogP contribution is -2.54. The highest BCUT2D eigenvalue weighted by Crippen LogP contribution is 2.67. The summed E-state index contributed by atoms with van der Waals surface area (Å²) < 4.78 is 7.37. The van der Waals surface area contributed by atoms with Crippen molar-refractivity contribution >= 4 is 8.32 Å². The number of allylic oxidation sites excluding steroid dienone is 1. The van der Waals surface area contributed by atoms with Gasteiger partial charge in [-0.2, -0.15) is 0 Å². The Balaban J connectivity index is 1.57. The second-order valence-electron chi connectivity index (χ2n) is 14.0. The number of fused-ring (bicyclic) bond motifs is 5. The Morgan fingerprint density at radius 3 is 2.12 bits per heavy atom. The lowest BCUT2D eigenvalue weighted by atomic mass is 9.47. The lowest BCUT2D eigenvalue weighted by Gasteiger charge is -2.58. The monoisotopic (exact) mass is 474 g/mol. The molecular formula is C30H54O2Si. The number of rotatable bonds is 6. The van der Waals surface area contributed by atoms with E-state index in [0.29, 0.717) is 39.5 Å². The molecule has 190 valence electrons. The van der Waals surface area contributed by atoms with Gasteiger partial charge in [-0.3, -0.25) is 0 Å². The minimum Gasteiger partial charge on any atom is -0.413 e. The Labute approximate surface area is 206 Å². The highest BCUT2D eigenvalue weighted by Gasteiger charge is 2.60. The molecule has 0 unspecified atom stereocenters. The van der Waals surface area contributed by atoms with E-state index in [0.717, 1.165) is 30.6 Å². The third-order valence-corrected chi connectivity index (χ3v) is 18.0. The van der Waals surface area contributed by atoms with Crippen LogP contribution in [0.4, 0.5) is 0 Å². The highest BCUT2D eigenvalue weighted by atomic mass is 28.4. The maximum Gasteiger partial charge on any atom is 0.200 e. The maximum absolute atomic E-state index is 10.3. The van der Waals surface area contributed by atoms with Gasteiger partial charge in [0.2, 0.25) is 8.32 Å². The van der Waals surface area contributed by atoms with Gasteiger partial charge < -0.3 is 9.53 Å². The molecule has 3 saturated carbocycles. The van der Waals surface area contributed by atoms with E-state index in [2.05, 4.69) is 68.4 Å². The van der Waals surface area contributed by atoms with Crippen LogP contribution >= 0.6 is 0 Å². The molecule has 0 aromatic rings. The van der Waals surface area contributed by atoms with Crippen molar-refractivity contribution in [2.24, 2.45) is 34.5 Å². The topological polar surface area (TPSA) is 29.5 Å². The molecule has 3 fully saturated rings. The number of aliphatic hydroxyl groups is 1. The molecule has 4 aliphatic rings. The fraction of sp³-hybridized carbons (Fsp3) is 0.933. The molecule has 0 saturated heterocycles. The predicted octanol–water partition coefficient (Wildman–Crippen LogP) is 8.51. The molecule has 0 bridgehead atoms. The van der Waals surface area contributed by atoms with E-state index in [-0.39, 0.29) is 6.10 Å². The van der Waals surface area contributed by atoms with Crippen molar-refractivity contribution in [3.63, 3.8) is 0 Å². The number of hydrogen-bond donors (Lipinski definition) is 1. The summed E-state index contributed by atoms with van der Waals surface area (Å²) in [5.74, 6) is 3.22. The number of hydrogen-bond acceptors (Lipinski definition) is 2. The Morgan fingerprint density at radius 2 is 1.52 bits per heavy atom. The minimum absolute atomic E-state index is 0.101. The Bertz CT molecular complexity index is 720. The molecule has 33 heavy (non-hydrogen) atoms. The summed E-state index contributed by atoms with van der Waals surface area (Å²) in [6, 6.07) is 0. The standard InChI is InChI=1S/C30H54O2Si/c1-19(2)33(20(3)4,21(5)6)32-22(7)26-12-13-27-25-11-10-23-18-24(31)14-16-29(23,8)28(25)15-17-30(26,27)9/h10,19-22,24-28,31H,11-18H2,1-9H3/t22-,24-,25-,26+,27-,28-,29-,30+/m0/s1. The van der Waals surface area contributed by atoms with Gasteiger partial charge in [-0.1, -0.05) is 67.0 Å². The summed E-state index contributed by atoms with van der Waals surface area (Å²) in [4.78, 5) is 0. The molecule has 0 aromatic carbocycles. The first-order valence-electron chi connectivity index (χ1n) is 14.4. The average molecular weight is 475 g/mol. The molecule has 0 aliphatic heterocycles. The van der Waals surface area contributed by atoms with Gasteiger partial charge >= 0.3 is 0 Å². The molecule has 4 rings (SSSR count). The average Bonchev–Trinajstić information content (AvgIpc) is 3.09. The van der Waals surface area contributed by atoms with E-state index < -0.39 is 8.32 Å². The molecule has 0 aromatic heterocycles. The molecule has 0 amide bonds. The smallest absolute Gasteiger partial charge is 0.200 e. The lowest BCUT2D eigenvalue weighted by molar-refractivity contribution is -0.0661. The maximum atomic E-state index is 10.3. The normalized spacial score (nSPS) is 42.2. The van der Waals surface area contributed by atoms with Gasteiger partial charge in [-0.05, 0) is 109 Å². The molecule has 0 spiro atoms. The van der Waals surface area contributed by atoms with E-state index in [1.54, 1.807) is 5.57 Å². The second-order valence-corrected chi connectivity index (χ2v) is 19.4. The van der Waals surface area contributed by atoms with Gasteiger partial charge in [0.25, 0.3) is 0 Å². The van der Waals surface area contributed by atoms with E-state index in [1.165, 1.54) is 38.5 Å². The van der Waals surface area contributed by atoms with Crippen LogP contribution in [0.2, 0.25) is 16.6 Å². The minimum atomic E-state index is -1.86. The van der Waals surface area contributed by atoms with Crippen LogP contribution in [-0.2, 0) is 4.43 Å². The van der Waals surface area contributed by atoms with Crippen molar-refractivity contribution in [1.29, 1.82) is 0 Å². The first kappa shape index (κ1) is 26.0. The van der Waals surface area contributed by atoms with E-state index in [4.69, 9.17) is 4.43 Å². The van der Waals surface area contributed by atoms with Crippen LogP contribution in [0, 0.1) is 34.5 Å². The molecule has 1 N–H and O–H groups in total. The van der Waals surface area contributed by atoms with Crippen LogP contribution in [0.1, 0.15) is 114 Å². The highest BCUT2D eigenvalue weighted by molar-refractivity contribution is 6.77. The number of aliphatic hydroxyl groups excluding tert-OH is 1. The van der Waals surface area contributed by atoms with Crippen molar-refractivity contribution < 1.29 is 9.53 Å². The fourth-order valence-corrected chi connectivity index (χ4v) is 15.9. The molecule has 2 nitrogen and oxygen atoms in total. The third kappa shape index (κ3) is 3.95. The van der Waals surface area contributed by atoms with Crippen LogP contribution in [0.25, 0.3) is 0 Å². The predicted molar refractivity (Wildman–Crippen MR) is 143 cm³/mol. The Hall–Kier alpha value is -0.123. The summed E-state index contributed by atoms with van der Waals surface area (Å²) in [5.41, 5.74) is 4.34. The van der Waals surface area contributed by atoms with Crippen molar-refractivity contribution in [2.75, 3.05) is 0 Å². The zero-order valence-electron chi connectivity index (χ0n) is 23.3. The largest absolute Gasteiger partial charge is 0.413 e. The molecule has 3 heteroatoms. The zero-order chi connectivity index (χ0) is 24.3. The molecular weight excluding hydrogens is 420 g/mol. The van der Waals surface area contributed by atoms with Crippen LogP contribution < -0.4 is 0 Å². The van der Waals surface area contributed by atoms with Gasteiger partial charge in [0, 0.05) is 6.10 Å². The van der Waals surface area contributed by atoms with Crippen LogP contribution in [-0.4, -0.2) is 25.6 Å². The summed E-state index contributed by atoms with van der Waals surface area (Å²) >= 11 is 0. The van der Waals surface area contributed by atoms with Crippen molar-refractivity contribution in [3.8, 4) is 0 Å². The molecule has 0 radical (unpaired) electrons. The van der Waals surface area contributed by atoms with Crippen LogP contribution in [0.15, 0.2) is 11.6 Å². The zero-order valence-corrected chi connectivity index (χ0v) is 24.3. The van der Waals surface area contributed by atoms with E-state index >= 15 is 0 Å². The summed E-state index contributed by atoms with van der Waals surface area (Å²) in [7, 11) is -1.86. The molecule has 0 heterocycles. The van der Waals surface area contributed by atoms with Gasteiger partial charge in [-0.15, -0.1) is 0 Å². The van der Waals surface area contributed by atoms with Gasteiger partial charge in [0.15, 0.2) is 0 Å². The van der Waals surface area contributed by atoms with Crippen molar-refractivity contribution in [1.82, 2.24) is 0 Å².